The Balaban J connectivity index is 2.61. The Morgan fingerprint density at radius 3 is 2.73 bits per heavy atom. The molecule has 0 unspecified atom stereocenters. The average molecular weight is 209 g/mol. The summed E-state index contributed by atoms with van der Waals surface area (Å²) in [6.07, 6.45) is 1.87. The van der Waals surface area contributed by atoms with E-state index < -0.39 is 0 Å². The summed E-state index contributed by atoms with van der Waals surface area (Å²) >= 11 is 0. The van der Waals surface area contributed by atoms with Gasteiger partial charge in [0.25, 0.3) is 0 Å². The van der Waals surface area contributed by atoms with Crippen LogP contribution in [0.15, 0.2) is 18.3 Å². The number of rotatable bonds is 4. The van der Waals surface area contributed by atoms with E-state index in [1.54, 1.807) is 0 Å². The summed E-state index contributed by atoms with van der Waals surface area (Å²) in [5.41, 5.74) is 6.30. The van der Waals surface area contributed by atoms with Gasteiger partial charge in [0.15, 0.2) is 0 Å². The Morgan fingerprint density at radius 1 is 1.53 bits per heavy atom. The molecule has 0 atom stereocenters. The molecule has 1 amide bonds. The predicted octanol–water partition coefficient (Wildman–Crippen LogP) is 0.861. The van der Waals surface area contributed by atoms with Gasteiger partial charge in [0.1, 0.15) is 6.54 Å². The molecular formula is C11H19N3O. The molecule has 0 aliphatic heterocycles. The molecule has 0 aromatic carbocycles. The van der Waals surface area contributed by atoms with Gasteiger partial charge in [0, 0.05) is 24.0 Å². The summed E-state index contributed by atoms with van der Waals surface area (Å²) < 4.78 is 1.86. The minimum atomic E-state index is -0.316. The molecule has 0 fully saturated rings. The van der Waals surface area contributed by atoms with Crippen molar-refractivity contribution >= 4 is 5.91 Å². The molecule has 4 heteroatoms. The number of nitrogens with one attached hydrogen (secondary N) is 1. The van der Waals surface area contributed by atoms with Crippen LogP contribution in [0.2, 0.25) is 0 Å². The number of hydrogen-bond acceptors (Lipinski definition) is 2. The molecule has 4 nitrogen and oxygen atoms in total. The molecule has 1 aromatic heterocycles. The number of carbonyl (C=O) groups is 1. The van der Waals surface area contributed by atoms with Crippen molar-refractivity contribution in [1.82, 2.24) is 9.88 Å². The fourth-order valence-corrected chi connectivity index (χ4v) is 1.29. The molecule has 0 saturated carbocycles. The van der Waals surface area contributed by atoms with Crippen LogP contribution in [0.1, 0.15) is 26.5 Å². The van der Waals surface area contributed by atoms with E-state index >= 15 is 0 Å². The SMILES string of the molecule is CC(C)(C)NCc1cccn1CC(N)=O. The molecular weight excluding hydrogens is 190 g/mol. The number of carbonyl (C=O) groups excluding carboxylic acids is 1. The van der Waals surface area contributed by atoms with E-state index in [2.05, 4.69) is 26.1 Å². The first-order valence-corrected chi connectivity index (χ1v) is 5.06. The molecule has 0 radical (unpaired) electrons. The first kappa shape index (κ1) is 11.8. The highest BCUT2D eigenvalue weighted by Gasteiger charge is 2.10. The molecule has 0 aliphatic rings. The number of amides is 1. The zero-order chi connectivity index (χ0) is 11.5. The van der Waals surface area contributed by atoms with Gasteiger partial charge in [0.05, 0.1) is 0 Å². The van der Waals surface area contributed by atoms with Gasteiger partial charge >= 0.3 is 0 Å². The fourth-order valence-electron chi connectivity index (χ4n) is 1.29. The topological polar surface area (TPSA) is 60.1 Å². The van der Waals surface area contributed by atoms with Crippen molar-refractivity contribution in [2.75, 3.05) is 0 Å². The van der Waals surface area contributed by atoms with Crippen LogP contribution in [0, 0.1) is 0 Å². The Morgan fingerprint density at radius 2 is 2.20 bits per heavy atom. The normalized spacial score (nSPS) is 11.7. The highest BCUT2D eigenvalue weighted by atomic mass is 16.1. The summed E-state index contributed by atoms with van der Waals surface area (Å²) in [4.78, 5) is 10.8. The molecule has 1 heterocycles. The summed E-state index contributed by atoms with van der Waals surface area (Å²) in [5, 5.41) is 3.36. The van der Waals surface area contributed by atoms with Crippen LogP contribution < -0.4 is 11.1 Å². The van der Waals surface area contributed by atoms with Crippen LogP contribution in [0.5, 0.6) is 0 Å². The Hall–Kier alpha value is -1.29. The van der Waals surface area contributed by atoms with Gasteiger partial charge in [-0.05, 0) is 32.9 Å². The summed E-state index contributed by atoms with van der Waals surface area (Å²) in [5.74, 6) is -0.316. The van der Waals surface area contributed by atoms with Crippen molar-refractivity contribution in [2.45, 2.75) is 39.4 Å². The van der Waals surface area contributed by atoms with E-state index in [1.165, 1.54) is 0 Å². The van der Waals surface area contributed by atoms with E-state index in [0.29, 0.717) is 0 Å². The first-order valence-electron chi connectivity index (χ1n) is 5.06. The van der Waals surface area contributed by atoms with Gasteiger partial charge in [-0.1, -0.05) is 0 Å². The maximum Gasteiger partial charge on any atom is 0.237 e. The number of nitrogens with zero attached hydrogens (tertiary/aromatic N) is 1. The largest absolute Gasteiger partial charge is 0.368 e. The van der Waals surface area contributed by atoms with Gasteiger partial charge < -0.3 is 15.6 Å². The van der Waals surface area contributed by atoms with Gasteiger partial charge in [-0.3, -0.25) is 4.79 Å². The average Bonchev–Trinajstić information content (AvgIpc) is 2.46. The second-order valence-corrected chi connectivity index (χ2v) is 4.70. The van der Waals surface area contributed by atoms with Gasteiger partial charge in [-0.15, -0.1) is 0 Å². The van der Waals surface area contributed by atoms with Crippen molar-refractivity contribution < 1.29 is 4.79 Å². The maximum atomic E-state index is 10.8. The van der Waals surface area contributed by atoms with Gasteiger partial charge in [-0.25, -0.2) is 0 Å². The summed E-state index contributed by atoms with van der Waals surface area (Å²) in [6, 6.07) is 3.91. The molecule has 0 spiro atoms. The smallest absolute Gasteiger partial charge is 0.237 e. The monoisotopic (exact) mass is 209 g/mol. The summed E-state index contributed by atoms with van der Waals surface area (Å²) in [6.45, 7) is 7.30. The van der Waals surface area contributed by atoms with Crippen LogP contribution in [0.25, 0.3) is 0 Å². The lowest BCUT2D eigenvalue weighted by molar-refractivity contribution is -0.118. The van der Waals surface area contributed by atoms with Crippen LogP contribution in [0.3, 0.4) is 0 Å². The van der Waals surface area contributed by atoms with Crippen molar-refractivity contribution in [3.8, 4) is 0 Å². The molecule has 0 aliphatic carbocycles. The van der Waals surface area contributed by atoms with Gasteiger partial charge in [-0.2, -0.15) is 0 Å². The van der Waals surface area contributed by atoms with E-state index in [4.69, 9.17) is 5.73 Å². The van der Waals surface area contributed by atoms with Crippen molar-refractivity contribution in [2.24, 2.45) is 5.73 Å². The zero-order valence-corrected chi connectivity index (χ0v) is 9.58. The van der Waals surface area contributed by atoms with Gasteiger partial charge in [0.2, 0.25) is 5.91 Å². The maximum absolute atomic E-state index is 10.8. The molecule has 1 rings (SSSR count). The highest BCUT2D eigenvalue weighted by molar-refractivity contribution is 5.73. The minimum absolute atomic E-state index is 0.0713. The second-order valence-electron chi connectivity index (χ2n) is 4.70. The second kappa shape index (κ2) is 4.49. The Labute approximate surface area is 90.5 Å². The number of primary amides is 1. The molecule has 84 valence electrons. The lowest BCUT2D eigenvalue weighted by Crippen LogP contribution is -2.36. The van der Waals surface area contributed by atoms with Crippen molar-refractivity contribution in [3.05, 3.63) is 24.0 Å². The fraction of sp³-hybridized carbons (Fsp3) is 0.545. The molecule has 0 bridgehead atoms. The lowest BCUT2D eigenvalue weighted by atomic mass is 10.1. The lowest BCUT2D eigenvalue weighted by Gasteiger charge is -2.21. The third-order valence-corrected chi connectivity index (χ3v) is 2.05. The highest BCUT2D eigenvalue weighted by Crippen LogP contribution is 2.05. The molecule has 0 saturated heterocycles. The zero-order valence-electron chi connectivity index (χ0n) is 9.58. The minimum Gasteiger partial charge on any atom is -0.368 e. The van der Waals surface area contributed by atoms with Crippen LogP contribution in [-0.2, 0) is 17.9 Å². The number of nitrogens with two attached hydrogens (primary N) is 1. The Kier molecular flexibility index (Phi) is 3.52. The van der Waals surface area contributed by atoms with Crippen LogP contribution in [-0.4, -0.2) is 16.0 Å². The molecule has 3 N–H and O–H groups in total. The number of aromatic nitrogens is 1. The Bertz CT molecular complexity index is 336. The van der Waals surface area contributed by atoms with Crippen LogP contribution in [0.4, 0.5) is 0 Å². The van der Waals surface area contributed by atoms with Crippen LogP contribution >= 0.6 is 0 Å². The third kappa shape index (κ3) is 4.16. The number of hydrogen-bond donors (Lipinski definition) is 2. The third-order valence-electron chi connectivity index (χ3n) is 2.05. The van der Waals surface area contributed by atoms with E-state index in [1.807, 2.05) is 22.9 Å². The standard InChI is InChI=1S/C11H19N3O/c1-11(2,3)13-7-9-5-4-6-14(9)8-10(12)15/h4-6,13H,7-8H2,1-3H3,(H2,12,15). The van der Waals surface area contributed by atoms with E-state index in [-0.39, 0.29) is 18.0 Å². The first-order chi connectivity index (χ1) is 6.88. The molecule has 15 heavy (non-hydrogen) atoms. The van der Waals surface area contributed by atoms with E-state index in [9.17, 15) is 4.79 Å². The predicted molar refractivity (Wildman–Crippen MR) is 60.2 cm³/mol. The molecule has 1 aromatic rings. The van der Waals surface area contributed by atoms with Crippen molar-refractivity contribution in [1.29, 1.82) is 0 Å². The summed E-state index contributed by atoms with van der Waals surface area (Å²) in [7, 11) is 0. The van der Waals surface area contributed by atoms with E-state index in [0.717, 1.165) is 12.2 Å². The quantitative estimate of drug-likeness (QED) is 0.772. The van der Waals surface area contributed by atoms with Crippen molar-refractivity contribution in [3.63, 3.8) is 0 Å².